The van der Waals surface area contributed by atoms with Gasteiger partial charge in [0.1, 0.15) is 0 Å². The Kier molecular flexibility index (Phi) is 13.7. The van der Waals surface area contributed by atoms with E-state index in [4.69, 9.17) is 0 Å². The van der Waals surface area contributed by atoms with Gasteiger partial charge in [-0.1, -0.05) is 37.4 Å². The predicted molar refractivity (Wildman–Crippen MR) is 89.4 cm³/mol. The molecule has 2 rings (SSSR count). The Labute approximate surface area is 143 Å². The summed E-state index contributed by atoms with van der Waals surface area (Å²) in [5.74, 6) is 0.992. The second-order valence-electron chi connectivity index (χ2n) is 4.76. The third kappa shape index (κ3) is 12.7. The molecule has 0 atom stereocenters. The van der Waals surface area contributed by atoms with Crippen LogP contribution in [0.15, 0.2) is 54.6 Å². The molecule has 0 spiro atoms. The van der Waals surface area contributed by atoms with Gasteiger partial charge in [0, 0.05) is 29.7 Å². The van der Waals surface area contributed by atoms with Crippen molar-refractivity contribution >= 4 is 16.9 Å². The van der Waals surface area contributed by atoms with Crippen LogP contribution in [-0.2, 0) is 28.3 Å². The molecular formula is C18H24FeOS-6. The molecule has 0 radical (unpaired) electrons. The van der Waals surface area contributed by atoms with E-state index in [0.29, 0.717) is 0 Å². The van der Waals surface area contributed by atoms with Gasteiger partial charge in [0.25, 0.3) is 0 Å². The van der Waals surface area contributed by atoms with E-state index in [1.165, 1.54) is 49.4 Å². The molecule has 0 fully saturated rings. The van der Waals surface area contributed by atoms with Crippen LogP contribution in [0.4, 0.5) is 0 Å². The van der Waals surface area contributed by atoms with Gasteiger partial charge < -0.3 is 30.3 Å². The van der Waals surface area contributed by atoms with Crippen LogP contribution in [0.25, 0.3) is 0 Å². The summed E-state index contributed by atoms with van der Waals surface area (Å²) in [4.78, 5) is 10.7. The first-order valence-corrected chi connectivity index (χ1v) is 8.28. The first-order valence-electron chi connectivity index (χ1n) is 7.29. The van der Waals surface area contributed by atoms with Gasteiger partial charge in [-0.25, -0.2) is 12.1 Å². The van der Waals surface area contributed by atoms with Gasteiger partial charge in [0.15, 0.2) is 5.12 Å². The number of unbranched alkanes of at least 4 members (excludes halogenated alkanes) is 3. The Bertz CT molecular complexity index is 403. The molecule has 0 aromatic heterocycles. The predicted octanol–water partition coefficient (Wildman–Crippen LogP) is 5.19. The van der Waals surface area contributed by atoms with Crippen molar-refractivity contribution in [2.24, 2.45) is 0 Å². The topological polar surface area (TPSA) is 17.1 Å². The second kappa shape index (κ2) is 14.2. The quantitative estimate of drug-likeness (QED) is 0.391. The molecule has 0 aliphatic rings. The Balaban J connectivity index is 0.000000562. The zero-order valence-electron chi connectivity index (χ0n) is 12.6. The summed E-state index contributed by atoms with van der Waals surface area (Å²) < 4.78 is 0. The van der Waals surface area contributed by atoms with Gasteiger partial charge in [0.2, 0.25) is 0 Å². The van der Waals surface area contributed by atoms with Gasteiger partial charge in [0.05, 0.1) is 0 Å². The summed E-state index contributed by atoms with van der Waals surface area (Å²) in [7, 11) is 0. The normalized spacial score (nSPS) is 9.38. The fraction of sp³-hybridized carbons (Fsp3) is 0.389. The zero-order valence-corrected chi connectivity index (χ0v) is 14.5. The summed E-state index contributed by atoms with van der Waals surface area (Å²) in [6.07, 6.45) is 6.18. The van der Waals surface area contributed by atoms with Gasteiger partial charge in [-0.3, -0.25) is 4.79 Å². The first kappa shape index (κ1) is 20.2. The second-order valence-corrected chi connectivity index (χ2v) is 6.03. The van der Waals surface area contributed by atoms with Crippen LogP contribution in [0.1, 0.15) is 38.2 Å². The van der Waals surface area contributed by atoms with Crippen LogP contribution in [-0.4, -0.2) is 10.9 Å². The first-order chi connectivity index (χ1) is 9.79. The minimum atomic E-state index is 0. The Hall–Kier alpha value is -0.761. The molecule has 2 aromatic carbocycles. The average Bonchev–Trinajstić information content (AvgIpc) is 3.13. The Morgan fingerprint density at radius 3 is 2.00 bits per heavy atom. The van der Waals surface area contributed by atoms with E-state index < -0.39 is 0 Å². The zero-order chi connectivity index (χ0) is 14.5. The average molecular weight is 344 g/mol. The number of thioether (sulfide) groups is 1. The summed E-state index contributed by atoms with van der Waals surface area (Å²) in [5.41, 5.74) is 1.45. The van der Waals surface area contributed by atoms with Crippen molar-refractivity contribution in [3.05, 3.63) is 60.2 Å². The maximum Gasteiger partial charge on any atom is 0.185 e. The molecule has 3 heteroatoms. The third-order valence-corrected chi connectivity index (χ3v) is 3.85. The molecule has 0 amide bonds. The molecule has 21 heavy (non-hydrogen) atoms. The monoisotopic (exact) mass is 344 g/mol. The SMILES string of the molecule is CC(=O)SCCCCCC[c-]1cccc1.[Fe].[cH-]1[cH-][cH-][cH-][cH-]1. The van der Waals surface area contributed by atoms with Gasteiger partial charge in [-0.15, -0.1) is 0 Å². The van der Waals surface area contributed by atoms with Crippen molar-refractivity contribution < 1.29 is 21.9 Å². The van der Waals surface area contributed by atoms with E-state index in [0.717, 1.165) is 5.75 Å². The van der Waals surface area contributed by atoms with Crippen molar-refractivity contribution in [3.8, 4) is 0 Å². The van der Waals surface area contributed by atoms with Crippen LogP contribution in [0, 0.1) is 0 Å². The third-order valence-electron chi connectivity index (χ3n) is 2.95. The van der Waals surface area contributed by atoms with Crippen LogP contribution in [0.5, 0.6) is 0 Å². The summed E-state index contributed by atoms with van der Waals surface area (Å²) in [6, 6.07) is 18.6. The fourth-order valence-electron chi connectivity index (χ4n) is 1.90. The maximum absolute atomic E-state index is 10.7. The van der Waals surface area contributed by atoms with Gasteiger partial charge >= 0.3 is 0 Å². The van der Waals surface area contributed by atoms with E-state index >= 15 is 0 Å². The standard InChI is InChI=1S/C13H19OS.C5H5.Fe/c1-12(14)15-11-7-3-2-4-8-13-9-5-6-10-13;1-2-4-5-3-1;/h5-6,9-10H,2-4,7-8,11H2,1H3;1-5H;/q-1;-5;. The molecule has 122 valence electrons. The van der Waals surface area contributed by atoms with E-state index in [9.17, 15) is 4.79 Å². The summed E-state index contributed by atoms with van der Waals surface area (Å²) in [5, 5.41) is 0.242. The molecule has 0 saturated heterocycles. The molecule has 1 nitrogen and oxygen atoms in total. The van der Waals surface area contributed by atoms with Crippen LogP contribution in [0.2, 0.25) is 0 Å². The van der Waals surface area contributed by atoms with Gasteiger partial charge in [-0.05, 0) is 6.42 Å². The molecule has 0 heterocycles. The van der Waals surface area contributed by atoms with Crippen LogP contribution < -0.4 is 0 Å². The van der Waals surface area contributed by atoms with Crippen LogP contribution in [0.3, 0.4) is 0 Å². The van der Waals surface area contributed by atoms with E-state index in [1.807, 2.05) is 30.3 Å². The number of rotatable bonds is 7. The molecule has 0 saturated carbocycles. The van der Waals surface area contributed by atoms with Crippen molar-refractivity contribution in [3.63, 3.8) is 0 Å². The Morgan fingerprint density at radius 2 is 1.48 bits per heavy atom. The minimum absolute atomic E-state index is 0. The minimum Gasteiger partial charge on any atom is -0.748 e. The van der Waals surface area contributed by atoms with Gasteiger partial charge in [-0.2, -0.15) is 17.7 Å². The van der Waals surface area contributed by atoms with Crippen molar-refractivity contribution in [2.75, 3.05) is 5.75 Å². The number of aryl methyl sites for hydroxylation is 1. The van der Waals surface area contributed by atoms with Crippen molar-refractivity contribution in [2.45, 2.75) is 39.0 Å². The molecular weight excluding hydrogens is 320 g/mol. The smallest absolute Gasteiger partial charge is 0.185 e. The molecule has 0 bridgehead atoms. The van der Waals surface area contributed by atoms with Crippen LogP contribution >= 0.6 is 11.8 Å². The summed E-state index contributed by atoms with van der Waals surface area (Å²) in [6.45, 7) is 1.64. The molecule has 0 aliphatic heterocycles. The largest absolute Gasteiger partial charge is 0.748 e. The maximum atomic E-state index is 10.7. The van der Waals surface area contributed by atoms with E-state index in [1.54, 1.807) is 6.92 Å². The molecule has 0 unspecified atom stereocenters. The number of hydrogen-bond acceptors (Lipinski definition) is 2. The number of carbonyl (C=O) groups is 1. The van der Waals surface area contributed by atoms with E-state index in [-0.39, 0.29) is 22.2 Å². The fourth-order valence-corrected chi connectivity index (χ4v) is 2.54. The van der Waals surface area contributed by atoms with Crippen molar-refractivity contribution in [1.29, 1.82) is 0 Å². The van der Waals surface area contributed by atoms with Crippen molar-refractivity contribution in [1.82, 2.24) is 0 Å². The molecule has 2 aromatic rings. The van der Waals surface area contributed by atoms with E-state index in [2.05, 4.69) is 24.3 Å². The number of hydrogen-bond donors (Lipinski definition) is 0. The Morgan fingerprint density at radius 1 is 0.952 bits per heavy atom. The number of carbonyl (C=O) groups excluding carboxylic acids is 1. The summed E-state index contributed by atoms with van der Waals surface area (Å²) >= 11 is 1.45. The molecule has 0 N–H and O–H groups in total. The molecule has 0 aliphatic carbocycles.